The van der Waals surface area contributed by atoms with Crippen molar-refractivity contribution >= 4 is 17.5 Å². The Balaban J connectivity index is 1.47. The van der Waals surface area contributed by atoms with E-state index in [1.54, 1.807) is 11.1 Å². The number of rotatable bonds is 8. The molecule has 0 aliphatic carbocycles. The van der Waals surface area contributed by atoms with Crippen LogP contribution in [0.3, 0.4) is 0 Å². The Morgan fingerprint density at radius 2 is 1.97 bits per heavy atom. The number of aromatic nitrogens is 1. The average Bonchev–Trinajstić information content (AvgIpc) is 2.81. The third-order valence-electron chi connectivity index (χ3n) is 6.04. The lowest BCUT2D eigenvalue weighted by atomic mass is 9.92. The van der Waals surface area contributed by atoms with Crippen molar-refractivity contribution in [1.82, 2.24) is 14.8 Å². The van der Waals surface area contributed by atoms with Crippen LogP contribution in [0.5, 0.6) is 0 Å². The molecule has 0 saturated carbocycles. The zero-order valence-corrected chi connectivity index (χ0v) is 19.0. The van der Waals surface area contributed by atoms with Gasteiger partial charge in [0, 0.05) is 76.8 Å². The quantitative estimate of drug-likeness (QED) is 0.654. The Kier molecular flexibility index (Phi) is 8.04. The first-order valence-corrected chi connectivity index (χ1v) is 11.1. The molecule has 0 spiro atoms. The fourth-order valence-electron chi connectivity index (χ4n) is 4.06. The van der Waals surface area contributed by atoms with E-state index in [2.05, 4.69) is 4.98 Å². The number of likely N-dealkylation sites (N-methyl/N-ethyl adjacent to an activating group) is 1. The highest BCUT2D eigenvalue weighted by atomic mass is 16.2. The summed E-state index contributed by atoms with van der Waals surface area (Å²) in [6, 6.07) is 13.6. The molecule has 1 aromatic carbocycles. The Morgan fingerprint density at radius 3 is 2.71 bits per heavy atom. The van der Waals surface area contributed by atoms with Gasteiger partial charge in [-0.25, -0.2) is 0 Å². The maximum atomic E-state index is 13.0. The lowest BCUT2D eigenvalue weighted by Gasteiger charge is -2.33. The molecule has 166 valence electrons. The van der Waals surface area contributed by atoms with Crippen LogP contribution in [0.25, 0.3) is 0 Å². The molecule has 1 aliphatic rings. The van der Waals surface area contributed by atoms with Gasteiger partial charge < -0.3 is 14.7 Å². The monoisotopic (exact) mass is 422 g/mol. The summed E-state index contributed by atoms with van der Waals surface area (Å²) in [5, 5.41) is 0. The summed E-state index contributed by atoms with van der Waals surface area (Å²) in [7, 11) is 5.82. The van der Waals surface area contributed by atoms with Crippen LogP contribution in [-0.2, 0) is 11.2 Å². The molecule has 0 radical (unpaired) electrons. The molecule has 6 heteroatoms. The van der Waals surface area contributed by atoms with E-state index in [1.165, 1.54) is 0 Å². The Bertz CT molecular complexity index is 869. The van der Waals surface area contributed by atoms with Crippen LogP contribution in [0.1, 0.15) is 41.7 Å². The van der Waals surface area contributed by atoms with Crippen LogP contribution < -0.4 is 4.90 Å². The predicted molar refractivity (Wildman–Crippen MR) is 124 cm³/mol. The van der Waals surface area contributed by atoms with E-state index in [1.807, 2.05) is 73.4 Å². The standard InChI is InChI=1S/C25H34N4O2/c1-27(2)23-11-6-9-21(18-23)25(31)29-16-7-8-20(19-29)12-13-24(30)28(3)17-14-22-10-4-5-15-26-22/h4-6,9-11,15,18,20H,7-8,12-14,16-17,19H2,1-3H3. The highest BCUT2D eigenvalue weighted by Crippen LogP contribution is 2.24. The summed E-state index contributed by atoms with van der Waals surface area (Å²) in [5.41, 5.74) is 2.76. The van der Waals surface area contributed by atoms with E-state index >= 15 is 0 Å². The van der Waals surface area contributed by atoms with Crippen molar-refractivity contribution in [2.24, 2.45) is 5.92 Å². The van der Waals surface area contributed by atoms with Crippen LogP contribution in [0.15, 0.2) is 48.7 Å². The smallest absolute Gasteiger partial charge is 0.253 e. The number of pyridine rings is 1. The van der Waals surface area contributed by atoms with Gasteiger partial charge in [0.05, 0.1) is 0 Å². The minimum absolute atomic E-state index is 0.0900. The molecule has 1 saturated heterocycles. The average molecular weight is 423 g/mol. The van der Waals surface area contributed by atoms with Crippen molar-refractivity contribution < 1.29 is 9.59 Å². The first-order valence-electron chi connectivity index (χ1n) is 11.1. The second-order valence-corrected chi connectivity index (χ2v) is 8.63. The van der Waals surface area contributed by atoms with Crippen LogP contribution in [-0.4, -0.2) is 67.4 Å². The number of nitrogens with zero attached hydrogens (tertiary/aromatic N) is 4. The van der Waals surface area contributed by atoms with Gasteiger partial charge in [-0.1, -0.05) is 12.1 Å². The Morgan fingerprint density at radius 1 is 1.13 bits per heavy atom. The Hall–Kier alpha value is -2.89. The van der Waals surface area contributed by atoms with E-state index in [4.69, 9.17) is 0 Å². The van der Waals surface area contributed by atoms with Gasteiger partial charge in [0.1, 0.15) is 0 Å². The van der Waals surface area contributed by atoms with Gasteiger partial charge >= 0.3 is 0 Å². The van der Waals surface area contributed by atoms with Crippen molar-refractivity contribution in [3.63, 3.8) is 0 Å². The first kappa shape index (κ1) is 22.8. The topological polar surface area (TPSA) is 56.8 Å². The number of hydrogen-bond donors (Lipinski definition) is 0. The summed E-state index contributed by atoms with van der Waals surface area (Å²) in [4.78, 5) is 35.7. The van der Waals surface area contributed by atoms with Crippen molar-refractivity contribution in [2.75, 3.05) is 45.7 Å². The second kappa shape index (κ2) is 10.9. The molecule has 2 amide bonds. The van der Waals surface area contributed by atoms with Crippen LogP contribution in [0.4, 0.5) is 5.69 Å². The van der Waals surface area contributed by atoms with Crippen molar-refractivity contribution in [3.05, 3.63) is 59.9 Å². The van der Waals surface area contributed by atoms with E-state index < -0.39 is 0 Å². The summed E-state index contributed by atoms with van der Waals surface area (Å²) >= 11 is 0. The number of amides is 2. The zero-order valence-electron chi connectivity index (χ0n) is 19.0. The molecule has 1 fully saturated rings. The van der Waals surface area contributed by atoms with E-state index in [0.717, 1.165) is 55.7 Å². The maximum absolute atomic E-state index is 13.0. The van der Waals surface area contributed by atoms with Crippen molar-refractivity contribution in [1.29, 1.82) is 0 Å². The van der Waals surface area contributed by atoms with Gasteiger partial charge in [0.25, 0.3) is 5.91 Å². The summed E-state index contributed by atoms with van der Waals surface area (Å²) in [5.74, 6) is 0.633. The fraction of sp³-hybridized carbons (Fsp3) is 0.480. The molecule has 1 aromatic heterocycles. The summed E-state index contributed by atoms with van der Waals surface area (Å²) in [6.07, 6.45) is 5.97. The van der Waals surface area contributed by atoms with Gasteiger partial charge in [0.15, 0.2) is 0 Å². The largest absolute Gasteiger partial charge is 0.378 e. The molecule has 31 heavy (non-hydrogen) atoms. The summed E-state index contributed by atoms with van der Waals surface area (Å²) < 4.78 is 0. The Labute approximate surface area is 185 Å². The highest BCUT2D eigenvalue weighted by Gasteiger charge is 2.25. The van der Waals surface area contributed by atoms with E-state index in [9.17, 15) is 9.59 Å². The van der Waals surface area contributed by atoms with Gasteiger partial charge in [-0.05, 0) is 55.5 Å². The lowest BCUT2D eigenvalue weighted by Crippen LogP contribution is -2.40. The van der Waals surface area contributed by atoms with Gasteiger partial charge in [-0.3, -0.25) is 14.6 Å². The second-order valence-electron chi connectivity index (χ2n) is 8.63. The van der Waals surface area contributed by atoms with Crippen LogP contribution >= 0.6 is 0 Å². The third kappa shape index (κ3) is 6.54. The molecule has 2 aromatic rings. The number of benzene rings is 1. The molecule has 1 unspecified atom stereocenters. The SMILES string of the molecule is CN(CCc1ccccn1)C(=O)CCC1CCCN(C(=O)c2cccc(N(C)C)c2)C1. The number of hydrogen-bond acceptors (Lipinski definition) is 4. The predicted octanol–water partition coefficient (Wildman–Crippen LogP) is 3.48. The highest BCUT2D eigenvalue weighted by molar-refractivity contribution is 5.95. The van der Waals surface area contributed by atoms with Crippen LogP contribution in [0.2, 0.25) is 0 Å². The molecule has 1 aliphatic heterocycles. The van der Waals surface area contributed by atoms with Gasteiger partial charge in [-0.2, -0.15) is 0 Å². The zero-order chi connectivity index (χ0) is 22.2. The van der Waals surface area contributed by atoms with Crippen molar-refractivity contribution in [2.45, 2.75) is 32.1 Å². The maximum Gasteiger partial charge on any atom is 0.253 e. The number of carbonyl (C=O) groups is 2. The lowest BCUT2D eigenvalue weighted by molar-refractivity contribution is -0.130. The number of piperidine rings is 1. The third-order valence-corrected chi connectivity index (χ3v) is 6.04. The molecule has 1 atom stereocenters. The first-order chi connectivity index (χ1) is 14.9. The molecule has 0 bridgehead atoms. The minimum atomic E-state index is 0.0900. The summed E-state index contributed by atoms with van der Waals surface area (Å²) in [6.45, 7) is 2.20. The molecule has 3 rings (SSSR count). The van der Waals surface area contributed by atoms with Crippen molar-refractivity contribution in [3.8, 4) is 0 Å². The fourth-order valence-corrected chi connectivity index (χ4v) is 4.06. The minimum Gasteiger partial charge on any atom is -0.378 e. The number of carbonyl (C=O) groups excluding carboxylic acids is 2. The van der Waals surface area contributed by atoms with E-state index in [0.29, 0.717) is 18.9 Å². The van der Waals surface area contributed by atoms with Crippen LogP contribution in [0, 0.1) is 5.92 Å². The number of likely N-dealkylation sites (tertiary alicyclic amines) is 1. The molecular formula is C25H34N4O2. The molecular weight excluding hydrogens is 388 g/mol. The number of anilines is 1. The normalized spacial score (nSPS) is 16.1. The van der Waals surface area contributed by atoms with E-state index in [-0.39, 0.29) is 11.8 Å². The van der Waals surface area contributed by atoms with Gasteiger partial charge in [0.2, 0.25) is 5.91 Å². The molecule has 0 N–H and O–H groups in total. The van der Waals surface area contributed by atoms with Gasteiger partial charge in [-0.15, -0.1) is 0 Å². The molecule has 6 nitrogen and oxygen atoms in total. The molecule has 2 heterocycles.